The monoisotopic (exact) mass is 346 g/mol. The van der Waals surface area contributed by atoms with Gasteiger partial charge in [0.15, 0.2) is 0 Å². The lowest BCUT2D eigenvalue weighted by atomic mass is 10.0. The Kier molecular flexibility index (Phi) is 4.92. The Morgan fingerprint density at radius 3 is 2.54 bits per heavy atom. The van der Waals surface area contributed by atoms with E-state index in [0.29, 0.717) is 18.4 Å². The zero-order valence-electron chi connectivity index (χ0n) is 13.8. The highest BCUT2D eigenvalue weighted by Crippen LogP contribution is 2.28. The van der Waals surface area contributed by atoms with E-state index in [0.717, 1.165) is 37.4 Å². The molecular formula is C18H23ClN4O. The van der Waals surface area contributed by atoms with Gasteiger partial charge in [-0.15, -0.1) is 12.4 Å². The van der Waals surface area contributed by atoms with Gasteiger partial charge < -0.3 is 10.2 Å². The molecule has 128 valence electrons. The lowest BCUT2D eigenvalue weighted by Crippen LogP contribution is -2.32. The van der Waals surface area contributed by atoms with Crippen molar-refractivity contribution in [2.24, 2.45) is 11.8 Å². The van der Waals surface area contributed by atoms with Crippen molar-refractivity contribution >= 4 is 18.3 Å². The first kappa shape index (κ1) is 17.0. The smallest absolute Gasteiger partial charge is 0.257 e. The molecule has 1 aromatic carbocycles. The number of carbonyl (C=O) groups is 1. The van der Waals surface area contributed by atoms with Crippen molar-refractivity contribution in [1.29, 1.82) is 0 Å². The van der Waals surface area contributed by atoms with Gasteiger partial charge in [0.25, 0.3) is 5.91 Å². The molecule has 2 aromatic rings. The number of benzene rings is 1. The Balaban J connectivity index is 0.00000169. The second-order valence-corrected chi connectivity index (χ2v) is 6.68. The van der Waals surface area contributed by atoms with Crippen LogP contribution >= 0.6 is 12.4 Å². The summed E-state index contributed by atoms with van der Waals surface area (Å²) < 4.78 is 1.92. The summed E-state index contributed by atoms with van der Waals surface area (Å²) in [6, 6.07) is 10.2. The van der Waals surface area contributed by atoms with Crippen molar-refractivity contribution in [2.45, 2.75) is 13.5 Å². The van der Waals surface area contributed by atoms with Crippen LogP contribution in [-0.4, -0.2) is 46.8 Å². The maximum absolute atomic E-state index is 12.8. The van der Waals surface area contributed by atoms with Crippen molar-refractivity contribution < 1.29 is 4.79 Å². The second kappa shape index (κ2) is 6.95. The Morgan fingerprint density at radius 2 is 1.88 bits per heavy atom. The Labute approximate surface area is 148 Å². The van der Waals surface area contributed by atoms with Gasteiger partial charge in [-0.05, 0) is 24.3 Å². The maximum Gasteiger partial charge on any atom is 0.257 e. The number of carbonyl (C=O) groups excluding carboxylic acids is 1. The molecule has 0 radical (unpaired) electrons. The highest BCUT2D eigenvalue weighted by molar-refractivity contribution is 5.95. The summed E-state index contributed by atoms with van der Waals surface area (Å²) in [4.78, 5) is 14.8. The van der Waals surface area contributed by atoms with E-state index in [1.807, 2.05) is 34.7 Å². The number of amides is 1. The number of hydrogen-bond acceptors (Lipinski definition) is 3. The van der Waals surface area contributed by atoms with Crippen LogP contribution in [-0.2, 0) is 6.54 Å². The van der Waals surface area contributed by atoms with Gasteiger partial charge in [-0.3, -0.25) is 9.48 Å². The third kappa shape index (κ3) is 3.06. The molecule has 0 saturated carbocycles. The summed E-state index contributed by atoms with van der Waals surface area (Å²) >= 11 is 0. The first-order valence-electron chi connectivity index (χ1n) is 8.28. The number of nitrogens with zero attached hydrogens (tertiary/aromatic N) is 3. The third-order valence-electron chi connectivity index (χ3n) is 5.19. The van der Waals surface area contributed by atoms with Gasteiger partial charge in [0.2, 0.25) is 0 Å². The minimum absolute atomic E-state index is 0. The molecule has 2 saturated heterocycles. The molecule has 24 heavy (non-hydrogen) atoms. The molecule has 6 heteroatoms. The summed E-state index contributed by atoms with van der Waals surface area (Å²) in [6.45, 7) is 6.53. The fourth-order valence-electron chi connectivity index (χ4n) is 3.76. The van der Waals surface area contributed by atoms with Crippen molar-refractivity contribution in [2.75, 3.05) is 26.2 Å². The van der Waals surface area contributed by atoms with Crippen molar-refractivity contribution in [3.63, 3.8) is 0 Å². The van der Waals surface area contributed by atoms with Crippen molar-refractivity contribution in [3.05, 3.63) is 53.3 Å². The van der Waals surface area contributed by atoms with Gasteiger partial charge in [0.1, 0.15) is 0 Å². The van der Waals surface area contributed by atoms with Crippen LogP contribution in [0.4, 0.5) is 0 Å². The summed E-state index contributed by atoms with van der Waals surface area (Å²) in [5.41, 5.74) is 2.89. The average molecular weight is 347 g/mol. The lowest BCUT2D eigenvalue weighted by Gasteiger charge is -2.17. The molecule has 0 aliphatic carbocycles. The summed E-state index contributed by atoms with van der Waals surface area (Å²) in [5.74, 6) is 1.38. The predicted octanol–water partition coefficient (Wildman–Crippen LogP) is 1.95. The van der Waals surface area contributed by atoms with Crippen LogP contribution in [0.15, 0.2) is 36.5 Å². The lowest BCUT2D eigenvalue weighted by molar-refractivity contribution is 0.0781. The van der Waals surface area contributed by atoms with Gasteiger partial charge in [-0.2, -0.15) is 5.10 Å². The number of fused-ring (bicyclic) bond motifs is 1. The fraction of sp³-hybridized carbons (Fsp3) is 0.444. The van der Waals surface area contributed by atoms with E-state index < -0.39 is 0 Å². The minimum atomic E-state index is 0. The molecule has 2 atom stereocenters. The van der Waals surface area contributed by atoms with Crippen LogP contribution in [0.5, 0.6) is 0 Å². The molecule has 1 N–H and O–H groups in total. The van der Waals surface area contributed by atoms with Crippen molar-refractivity contribution in [3.8, 4) is 0 Å². The largest absolute Gasteiger partial charge is 0.338 e. The van der Waals surface area contributed by atoms with Gasteiger partial charge in [0.05, 0.1) is 18.3 Å². The Morgan fingerprint density at radius 1 is 1.21 bits per heavy atom. The predicted molar refractivity (Wildman–Crippen MR) is 95.5 cm³/mol. The first-order valence-corrected chi connectivity index (χ1v) is 8.28. The first-order chi connectivity index (χ1) is 11.2. The number of likely N-dealkylation sites (tertiary alicyclic amines) is 1. The van der Waals surface area contributed by atoms with E-state index in [4.69, 9.17) is 0 Å². The molecule has 5 nitrogen and oxygen atoms in total. The molecular weight excluding hydrogens is 324 g/mol. The molecule has 3 heterocycles. The van der Waals surface area contributed by atoms with Crippen LogP contribution in [0.3, 0.4) is 0 Å². The zero-order valence-corrected chi connectivity index (χ0v) is 14.6. The zero-order chi connectivity index (χ0) is 15.8. The SMILES string of the molecule is Cc1c(C(=O)N2C[C@H]3CNC[C@H]3C2)cnn1Cc1ccccc1.Cl. The highest BCUT2D eigenvalue weighted by atomic mass is 35.5. The fourth-order valence-corrected chi connectivity index (χ4v) is 3.76. The van der Waals surface area contributed by atoms with Gasteiger partial charge >= 0.3 is 0 Å². The quantitative estimate of drug-likeness (QED) is 0.924. The van der Waals surface area contributed by atoms with E-state index in [1.165, 1.54) is 5.56 Å². The summed E-state index contributed by atoms with van der Waals surface area (Å²) in [7, 11) is 0. The van der Waals surface area contributed by atoms with Crippen LogP contribution in [0.1, 0.15) is 21.6 Å². The normalized spacial score (nSPS) is 22.3. The molecule has 1 amide bonds. The molecule has 2 fully saturated rings. The van der Waals surface area contributed by atoms with Crippen LogP contribution in [0.25, 0.3) is 0 Å². The van der Waals surface area contributed by atoms with Crippen LogP contribution < -0.4 is 5.32 Å². The molecule has 1 aromatic heterocycles. The molecule has 0 bridgehead atoms. The average Bonchev–Trinajstić information content (AvgIpc) is 3.24. The van der Waals surface area contributed by atoms with E-state index in [9.17, 15) is 4.79 Å². The van der Waals surface area contributed by atoms with Gasteiger partial charge in [-0.25, -0.2) is 0 Å². The third-order valence-corrected chi connectivity index (χ3v) is 5.19. The van der Waals surface area contributed by atoms with E-state index in [-0.39, 0.29) is 18.3 Å². The highest BCUT2D eigenvalue weighted by Gasteiger charge is 2.38. The number of rotatable bonds is 3. The molecule has 2 aliphatic heterocycles. The number of halogens is 1. The molecule has 4 rings (SSSR count). The van der Waals surface area contributed by atoms with Crippen molar-refractivity contribution in [1.82, 2.24) is 20.0 Å². The molecule has 0 unspecified atom stereocenters. The van der Waals surface area contributed by atoms with E-state index in [1.54, 1.807) is 6.20 Å². The van der Waals surface area contributed by atoms with Crippen LogP contribution in [0, 0.1) is 18.8 Å². The maximum atomic E-state index is 12.8. The second-order valence-electron chi connectivity index (χ2n) is 6.68. The Bertz CT molecular complexity index is 703. The van der Waals surface area contributed by atoms with E-state index in [2.05, 4.69) is 22.5 Å². The number of hydrogen-bond donors (Lipinski definition) is 1. The standard InChI is InChI=1S/C18H22N4O.ClH/c1-13-17(9-20-22(13)10-14-5-3-2-4-6-14)18(23)21-11-15-7-19-8-16(15)12-21;/h2-6,9,15-16,19H,7-8,10-12H2,1H3;1H/t15-,16+;. The minimum Gasteiger partial charge on any atom is -0.338 e. The number of nitrogens with one attached hydrogen (secondary N) is 1. The molecule has 2 aliphatic rings. The summed E-state index contributed by atoms with van der Waals surface area (Å²) in [5, 5.41) is 7.84. The molecule has 0 spiro atoms. The number of aromatic nitrogens is 2. The van der Waals surface area contributed by atoms with Crippen LogP contribution in [0.2, 0.25) is 0 Å². The Hall–Kier alpha value is -1.85. The van der Waals surface area contributed by atoms with Gasteiger partial charge in [0, 0.05) is 31.9 Å². The van der Waals surface area contributed by atoms with E-state index >= 15 is 0 Å². The topological polar surface area (TPSA) is 50.2 Å². The summed E-state index contributed by atoms with van der Waals surface area (Å²) in [6.07, 6.45) is 1.73. The van der Waals surface area contributed by atoms with Gasteiger partial charge in [-0.1, -0.05) is 30.3 Å².